The van der Waals surface area contributed by atoms with Crippen molar-refractivity contribution in [3.8, 4) is 11.5 Å². The minimum atomic E-state index is -1.10. The second-order valence-electron chi connectivity index (χ2n) is 5.09. The van der Waals surface area contributed by atoms with E-state index >= 15 is 0 Å². The SMILES string of the molecule is CN(C)CC(C)(O)CNC(=O)c1c(O)cccc1O. The lowest BCUT2D eigenvalue weighted by molar-refractivity contribution is 0.0325. The van der Waals surface area contributed by atoms with Crippen molar-refractivity contribution in [1.82, 2.24) is 10.2 Å². The van der Waals surface area contributed by atoms with Crippen LogP contribution in [0, 0.1) is 0 Å². The molecule has 1 aromatic carbocycles. The van der Waals surface area contributed by atoms with Gasteiger partial charge in [-0.25, -0.2) is 0 Å². The highest BCUT2D eigenvalue weighted by atomic mass is 16.3. The van der Waals surface area contributed by atoms with Gasteiger partial charge in [0.15, 0.2) is 0 Å². The summed E-state index contributed by atoms with van der Waals surface area (Å²) >= 11 is 0. The van der Waals surface area contributed by atoms with Crippen molar-refractivity contribution in [2.45, 2.75) is 12.5 Å². The quantitative estimate of drug-likeness (QED) is 0.609. The third kappa shape index (κ3) is 4.42. The van der Waals surface area contributed by atoms with E-state index in [1.165, 1.54) is 18.2 Å². The number of nitrogens with zero attached hydrogens (tertiary/aromatic N) is 1. The second-order valence-corrected chi connectivity index (χ2v) is 5.09. The molecular formula is C13H20N2O4. The first kappa shape index (κ1) is 15.3. The molecule has 0 spiro atoms. The van der Waals surface area contributed by atoms with Gasteiger partial charge in [-0.1, -0.05) is 6.07 Å². The number of aromatic hydroxyl groups is 2. The highest BCUT2D eigenvalue weighted by Crippen LogP contribution is 2.25. The number of hydrogen-bond acceptors (Lipinski definition) is 5. The average molecular weight is 268 g/mol. The van der Waals surface area contributed by atoms with Gasteiger partial charge >= 0.3 is 0 Å². The average Bonchev–Trinajstić information content (AvgIpc) is 2.24. The van der Waals surface area contributed by atoms with Gasteiger partial charge in [0.2, 0.25) is 0 Å². The predicted octanol–water partition coefficient (Wildman–Crippen LogP) is 0.140. The lowest BCUT2D eigenvalue weighted by Crippen LogP contribution is -2.47. The van der Waals surface area contributed by atoms with Crippen LogP contribution in [0.15, 0.2) is 18.2 Å². The van der Waals surface area contributed by atoms with E-state index < -0.39 is 11.5 Å². The summed E-state index contributed by atoms with van der Waals surface area (Å²) in [6.45, 7) is 1.98. The van der Waals surface area contributed by atoms with Crippen LogP contribution < -0.4 is 5.32 Å². The number of carbonyl (C=O) groups excluding carboxylic acids is 1. The molecule has 0 saturated heterocycles. The fourth-order valence-corrected chi connectivity index (χ4v) is 1.86. The highest BCUT2D eigenvalue weighted by molar-refractivity contribution is 5.99. The van der Waals surface area contributed by atoms with Gasteiger partial charge in [-0.05, 0) is 33.2 Å². The Labute approximate surface area is 112 Å². The van der Waals surface area contributed by atoms with Crippen LogP contribution in [-0.2, 0) is 0 Å². The maximum Gasteiger partial charge on any atom is 0.258 e. The number of phenols is 2. The van der Waals surface area contributed by atoms with Crippen molar-refractivity contribution in [3.63, 3.8) is 0 Å². The number of nitrogens with one attached hydrogen (secondary N) is 1. The van der Waals surface area contributed by atoms with E-state index in [0.717, 1.165) is 0 Å². The van der Waals surface area contributed by atoms with Crippen LogP contribution in [0.4, 0.5) is 0 Å². The van der Waals surface area contributed by atoms with Crippen LogP contribution in [0.25, 0.3) is 0 Å². The molecule has 6 nitrogen and oxygen atoms in total. The van der Waals surface area contributed by atoms with Crippen LogP contribution in [0.5, 0.6) is 11.5 Å². The van der Waals surface area contributed by atoms with Crippen molar-refractivity contribution in [2.75, 3.05) is 27.2 Å². The number of hydrogen-bond donors (Lipinski definition) is 4. The first-order chi connectivity index (χ1) is 8.73. The van der Waals surface area contributed by atoms with Gasteiger partial charge in [-0.3, -0.25) is 4.79 Å². The number of amides is 1. The summed E-state index contributed by atoms with van der Waals surface area (Å²) in [5.41, 5.74) is -1.29. The number of aliphatic hydroxyl groups is 1. The maximum atomic E-state index is 11.9. The number of benzene rings is 1. The zero-order valence-electron chi connectivity index (χ0n) is 11.3. The lowest BCUT2D eigenvalue weighted by Gasteiger charge is -2.27. The summed E-state index contributed by atoms with van der Waals surface area (Å²) < 4.78 is 0. The first-order valence-corrected chi connectivity index (χ1v) is 5.89. The van der Waals surface area contributed by atoms with Gasteiger partial charge in [0.25, 0.3) is 5.91 Å². The van der Waals surface area contributed by atoms with Gasteiger partial charge in [-0.2, -0.15) is 0 Å². The molecule has 0 aliphatic rings. The summed E-state index contributed by atoms with van der Waals surface area (Å²) in [5.74, 6) is -1.23. The van der Waals surface area contributed by atoms with Gasteiger partial charge in [0.1, 0.15) is 17.1 Å². The highest BCUT2D eigenvalue weighted by Gasteiger charge is 2.24. The molecule has 1 atom stereocenters. The summed E-state index contributed by atoms with van der Waals surface area (Å²) in [6.07, 6.45) is 0. The maximum absolute atomic E-state index is 11.9. The number of carbonyl (C=O) groups is 1. The predicted molar refractivity (Wildman–Crippen MR) is 71.3 cm³/mol. The second kappa shape index (κ2) is 5.90. The molecule has 0 heterocycles. The van der Waals surface area contributed by atoms with Gasteiger partial charge in [0.05, 0.1) is 5.60 Å². The summed E-state index contributed by atoms with van der Waals surface area (Å²) in [7, 11) is 3.62. The molecule has 1 aromatic rings. The Morgan fingerprint density at radius 2 is 1.84 bits per heavy atom. The Hall–Kier alpha value is -1.79. The van der Waals surface area contributed by atoms with E-state index in [1.54, 1.807) is 11.8 Å². The Kier molecular flexibility index (Phi) is 4.74. The molecule has 1 amide bonds. The van der Waals surface area contributed by atoms with Crippen LogP contribution in [-0.4, -0.2) is 58.9 Å². The molecule has 0 aromatic heterocycles. The minimum absolute atomic E-state index is 0.0117. The molecule has 0 saturated carbocycles. The van der Waals surface area contributed by atoms with Gasteiger partial charge < -0.3 is 25.5 Å². The Morgan fingerprint density at radius 3 is 2.32 bits per heavy atom. The van der Waals surface area contributed by atoms with Crippen molar-refractivity contribution in [2.24, 2.45) is 0 Å². The van der Waals surface area contributed by atoms with Crippen LogP contribution in [0.1, 0.15) is 17.3 Å². The summed E-state index contributed by atoms with van der Waals surface area (Å²) in [6, 6.07) is 4.06. The molecule has 6 heteroatoms. The zero-order chi connectivity index (χ0) is 14.6. The molecule has 0 radical (unpaired) electrons. The van der Waals surface area contributed by atoms with E-state index in [4.69, 9.17) is 0 Å². The molecule has 1 unspecified atom stereocenters. The van der Waals surface area contributed by atoms with E-state index in [2.05, 4.69) is 5.32 Å². The number of rotatable bonds is 5. The topological polar surface area (TPSA) is 93.0 Å². The van der Waals surface area contributed by atoms with E-state index in [9.17, 15) is 20.1 Å². The van der Waals surface area contributed by atoms with Crippen molar-refractivity contribution >= 4 is 5.91 Å². The number of likely N-dealkylation sites (N-methyl/N-ethyl adjacent to an activating group) is 1. The van der Waals surface area contributed by atoms with Crippen molar-refractivity contribution in [1.29, 1.82) is 0 Å². The Balaban J connectivity index is 2.71. The Bertz CT molecular complexity index is 438. The molecule has 0 aliphatic carbocycles. The summed E-state index contributed by atoms with van der Waals surface area (Å²) in [5, 5.41) is 31.6. The van der Waals surface area contributed by atoms with Crippen LogP contribution in [0.2, 0.25) is 0 Å². The molecule has 106 valence electrons. The third-order valence-electron chi connectivity index (χ3n) is 2.53. The van der Waals surface area contributed by atoms with Crippen LogP contribution >= 0.6 is 0 Å². The molecule has 4 N–H and O–H groups in total. The molecule has 0 bridgehead atoms. The van der Waals surface area contributed by atoms with Gasteiger partial charge in [-0.15, -0.1) is 0 Å². The normalized spacial score (nSPS) is 14.2. The standard InChI is InChI=1S/C13H20N2O4/c1-13(19,8-15(2)3)7-14-12(18)11-9(16)5-4-6-10(11)17/h4-6,16-17,19H,7-8H2,1-3H3,(H,14,18). The first-order valence-electron chi connectivity index (χ1n) is 5.89. The molecule has 1 rings (SSSR count). The smallest absolute Gasteiger partial charge is 0.258 e. The molecule has 0 aliphatic heterocycles. The fourth-order valence-electron chi connectivity index (χ4n) is 1.86. The molecule has 19 heavy (non-hydrogen) atoms. The zero-order valence-corrected chi connectivity index (χ0v) is 11.3. The number of phenolic OH excluding ortho intramolecular Hbond substituents is 2. The fraction of sp³-hybridized carbons (Fsp3) is 0.462. The van der Waals surface area contributed by atoms with E-state index in [1.807, 2.05) is 14.1 Å². The van der Waals surface area contributed by atoms with Crippen molar-refractivity contribution in [3.05, 3.63) is 23.8 Å². The monoisotopic (exact) mass is 268 g/mol. The lowest BCUT2D eigenvalue weighted by atomic mass is 10.1. The summed E-state index contributed by atoms with van der Waals surface area (Å²) in [4.78, 5) is 13.7. The van der Waals surface area contributed by atoms with E-state index in [0.29, 0.717) is 6.54 Å². The van der Waals surface area contributed by atoms with Crippen LogP contribution in [0.3, 0.4) is 0 Å². The molecule has 0 fully saturated rings. The minimum Gasteiger partial charge on any atom is -0.507 e. The Morgan fingerprint density at radius 1 is 1.32 bits per heavy atom. The van der Waals surface area contributed by atoms with Gasteiger partial charge in [0, 0.05) is 13.1 Å². The van der Waals surface area contributed by atoms with Crippen molar-refractivity contribution < 1.29 is 20.1 Å². The van der Waals surface area contributed by atoms with E-state index in [-0.39, 0.29) is 23.6 Å². The third-order valence-corrected chi connectivity index (χ3v) is 2.53. The molecular weight excluding hydrogens is 248 g/mol. The largest absolute Gasteiger partial charge is 0.507 e.